The topological polar surface area (TPSA) is 46.5 Å². The first-order valence-corrected chi connectivity index (χ1v) is 3.65. The molecule has 1 N–H and O–H groups in total. The third-order valence-corrected chi connectivity index (χ3v) is 1.71. The minimum Gasteiger partial charge on any atom is -0.479 e. The molecule has 0 unspecified atom stereocenters. The highest BCUT2D eigenvalue weighted by atomic mass is 16.5. The molecule has 58 valence electrons. The zero-order valence-electron chi connectivity index (χ0n) is 5.88. The Morgan fingerprint density at radius 1 is 1.40 bits per heavy atom. The van der Waals surface area contributed by atoms with Crippen molar-refractivity contribution in [3.8, 4) is 0 Å². The van der Waals surface area contributed by atoms with Gasteiger partial charge in [0.1, 0.15) is 0 Å². The number of carboxylic acid groups (broad SMARTS) is 1. The largest absolute Gasteiger partial charge is 0.479 e. The molecule has 0 aliphatic carbocycles. The molecule has 0 aromatic heterocycles. The van der Waals surface area contributed by atoms with Crippen molar-refractivity contribution in [3.63, 3.8) is 0 Å². The lowest BCUT2D eigenvalue weighted by atomic mass is 10.1. The van der Waals surface area contributed by atoms with Gasteiger partial charge < -0.3 is 9.84 Å². The van der Waals surface area contributed by atoms with Gasteiger partial charge in [-0.2, -0.15) is 0 Å². The van der Waals surface area contributed by atoms with Crippen molar-refractivity contribution < 1.29 is 14.6 Å². The molecule has 1 atom stereocenters. The fourth-order valence-corrected chi connectivity index (χ4v) is 1.11. The normalized spacial score (nSPS) is 27.4. The SMILES string of the molecule is O=C(O)[C@@H]1CCCCCO1. The van der Waals surface area contributed by atoms with Crippen LogP contribution in [-0.4, -0.2) is 23.8 Å². The van der Waals surface area contributed by atoms with Crippen LogP contribution in [0.1, 0.15) is 25.7 Å². The molecular weight excluding hydrogens is 132 g/mol. The molecule has 1 rings (SSSR count). The number of hydrogen-bond acceptors (Lipinski definition) is 2. The second-order valence-corrected chi connectivity index (χ2v) is 2.55. The van der Waals surface area contributed by atoms with Gasteiger partial charge in [0.15, 0.2) is 6.10 Å². The van der Waals surface area contributed by atoms with Crippen molar-refractivity contribution >= 4 is 5.97 Å². The van der Waals surface area contributed by atoms with Gasteiger partial charge in [-0.3, -0.25) is 0 Å². The van der Waals surface area contributed by atoms with Gasteiger partial charge in [0.2, 0.25) is 0 Å². The summed E-state index contributed by atoms with van der Waals surface area (Å²) in [6.07, 6.45) is 3.22. The second kappa shape index (κ2) is 3.56. The Bertz CT molecular complexity index is 114. The summed E-state index contributed by atoms with van der Waals surface area (Å²) in [6, 6.07) is 0. The summed E-state index contributed by atoms with van der Waals surface area (Å²) in [4.78, 5) is 10.4. The van der Waals surface area contributed by atoms with Gasteiger partial charge in [-0.15, -0.1) is 0 Å². The van der Waals surface area contributed by atoms with Crippen LogP contribution in [-0.2, 0) is 9.53 Å². The van der Waals surface area contributed by atoms with Crippen LogP contribution in [0.4, 0.5) is 0 Å². The van der Waals surface area contributed by atoms with E-state index < -0.39 is 12.1 Å². The summed E-state index contributed by atoms with van der Waals surface area (Å²) in [5.41, 5.74) is 0. The Morgan fingerprint density at radius 2 is 2.20 bits per heavy atom. The molecule has 0 aromatic carbocycles. The van der Waals surface area contributed by atoms with Crippen LogP contribution in [0.15, 0.2) is 0 Å². The molecule has 0 radical (unpaired) electrons. The van der Waals surface area contributed by atoms with Gasteiger partial charge >= 0.3 is 5.97 Å². The number of carboxylic acids is 1. The number of hydrogen-bond donors (Lipinski definition) is 1. The zero-order chi connectivity index (χ0) is 7.40. The van der Waals surface area contributed by atoms with Crippen molar-refractivity contribution in [2.75, 3.05) is 6.61 Å². The minimum atomic E-state index is -0.818. The predicted molar refractivity (Wildman–Crippen MR) is 35.8 cm³/mol. The van der Waals surface area contributed by atoms with Crippen LogP contribution in [0.5, 0.6) is 0 Å². The number of rotatable bonds is 1. The first kappa shape index (κ1) is 7.54. The predicted octanol–water partition coefficient (Wildman–Crippen LogP) is 1.03. The molecule has 3 nitrogen and oxygen atoms in total. The maximum Gasteiger partial charge on any atom is 0.332 e. The summed E-state index contributed by atoms with van der Waals surface area (Å²) in [5, 5.41) is 8.54. The fourth-order valence-electron chi connectivity index (χ4n) is 1.11. The Balaban J connectivity index is 2.35. The van der Waals surface area contributed by atoms with Crippen LogP contribution < -0.4 is 0 Å². The third-order valence-electron chi connectivity index (χ3n) is 1.71. The van der Waals surface area contributed by atoms with Gasteiger partial charge in [0, 0.05) is 6.61 Å². The second-order valence-electron chi connectivity index (χ2n) is 2.55. The van der Waals surface area contributed by atoms with Crippen LogP contribution in [0, 0.1) is 0 Å². The molecule has 1 aliphatic rings. The average Bonchev–Trinajstić information content (AvgIpc) is 2.12. The maximum absolute atomic E-state index is 10.4. The first-order valence-electron chi connectivity index (χ1n) is 3.65. The van der Waals surface area contributed by atoms with Gasteiger partial charge in [-0.05, 0) is 12.8 Å². The van der Waals surface area contributed by atoms with Crippen molar-refractivity contribution in [1.29, 1.82) is 0 Å². The van der Waals surface area contributed by atoms with E-state index in [9.17, 15) is 4.79 Å². The fraction of sp³-hybridized carbons (Fsp3) is 0.857. The molecule has 0 spiro atoms. The highest BCUT2D eigenvalue weighted by Crippen LogP contribution is 2.12. The third kappa shape index (κ3) is 1.99. The van der Waals surface area contributed by atoms with Gasteiger partial charge in [0.25, 0.3) is 0 Å². The quantitative estimate of drug-likeness (QED) is 0.597. The minimum absolute atomic E-state index is 0.539. The van der Waals surface area contributed by atoms with E-state index in [-0.39, 0.29) is 0 Å². The molecule has 10 heavy (non-hydrogen) atoms. The van der Waals surface area contributed by atoms with E-state index >= 15 is 0 Å². The molecule has 0 aromatic rings. The van der Waals surface area contributed by atoms with E-state index in [0.717, 1.165) is 19.3 Å². The summed E-state index contributed by atoms with van der Waals surface area (Å²) in [7, 11) is 0. The zero-order valence-corrected chi connectivity index (χ0v) is 5.88. The van der Waals surface area contributed by atoms with Crippen LogP contribution in [0.2, 0.25) is 0 Å². The summed E-state index contributed by atoms with van der Waals surface area (Å²) in [6.45, 7) is 0.608. The Kier molecular flexibility index (Phi) is 2.68. The van der Waals surface area contributed by atoms with Crippen LogP contribution in [0.25, 0.3) is 0 Å². The van der Waals surface area contributed by atoms with Crippen LogP contribution in [0.3, 0.4) is 0 Å². The van der Waals surface area contributed by atoms with Crippen molar-refractivity contribution in [1.82, 2.24) is 0 Å². The highest BCUT2D eigenvalue weighted by molar-refractivity contribution is 5.72. The number of ether oxygens (including phenoxy) is 1. The molecule has 0 amide bonds. The summed E-state index contributed by atoms with van der Waals surface area (Å²) < 4.78 is 5.06. The van der Waals surface area contributed by atoms with Crippen molar-refractivity contribution in [3.05, 3.63) is 0 Å². The van der Waals surface area contributed by atoms with E-state index in [0.29, 0.717) is 13.0 Å². The Labute approximate surface area is 60.0 Å². The van der Waals surface area contributed by atoms with E-state index in [1.807, 2.05) is 0 Å². The van der Waals surface area contributed by atoms with Crippen LogP contribution >= 0.6 is 0 Å². The first-order chi connectivity index (χ1) is 4.80. The Hall–Kier alpha value is -0.570. The molecule has 1 saturated heterocycles. The molecule has 0 saturated carbocycles. The monoisotopic (exact) mass is 144 g/mol. The molecule has 1 heterocycles. The molecular formula is C7H12O3. The number of aliphatic carboxylic acids is 1. The Morgan fingerprint density at radius 3 is 2.90 bits per heavy atom. The van der Waals surface area contributed by atoms with Gasteiger partial charge in [0.05, 0.1) is 0 Å². The summed E-state index contributed by atoms with van der Waals surface area (Å²) in [5.74, 6) is -0.818. The molecule has 1 aliphatic heterocycles. The van der Waals surface area contributed by atoms with Crippen molar-refractivity contribution in [2.24, 2.45) is 0 Å². The van der Waals surface area contributed by atoms with Gasteiger partial charge in [-0.25, -0.2) is 4.79 Å². The lowest BCUT2D eigenvalue weighted by Crippen LogP contribution is -2.22. The lowest BCUT2D eigenvalue weighted by Gasteiger charge is -2.07. The summed E-state index contributed by atoms with van der Waals surface area (Å²) >= 11 is 0. The molecule has 3 heteroatoms. The average molecular weight is 144 g/mol. The van der Waals surface area contributed by atoms with E-state index in [1.165, 1.54) is 0 Å². The molecule has 1 fully saturated rings. The smallest absolute Gasteiger partial charge is 0.332 e. The van der Waals surface area contributed by atoms with Crippen molar-refractivity contribution in [2.45, 2.75) is 31.8 Å². The van der Waals surface area contributed by atoms with E-state index in [2.05, 4.69) is 0 Å². The maximum atomic E-state index is 10.4. The molecule has 0 bridgehead atoms. The van der Waals surface area contributed by atoms with E-state index in [4.69, 9.17) is 9.84 Å². The van der Waals surface area contributed by atoms with E-state index in [1.54, 1.807) is 0 Å². The number of carbonyl (C=O) groups is 1. The highest BCUT2D eigenvalue weighted by Gasteiger charge is 2.18. The standard InChI is InChI=1S/C7H12O3/c8-7(9)6-4-2-1-3-5-10-6/h6H,1-5H2,(H,8,9)/t6-/m0/s1. The lowest BCUT2D eigenvalue weighted by molar-refractivity contribution is -0.150. The van der Waals surface area contributed by atoms with Gasteiger partial charge in [-0.1, -0.05) is 12.8 Å².